The molecule has 16 heavy (non-hydrogen) atoms. The summed E-state index contributed by atoms with van der Waals surface area (Å²) in [6.07, 6.45) is 1.48. The molecule has 0 aliphatic rings. The number of carbonyl (C=O) groups excluding carboxylic acids is 2. The van der Waals surface area contributed by atoms with Crippen molar-refractivity contribution in [1.82, 2.24) is 5.32 Å². The van der Waals surface area contributed by atoms with Crippen molar-refractivity contribution in [2.45, 2.75) is 0 Å². The molecule has 2 amide bonds. The standard InChI is InChI=1S/C11H9N3O2/c12-6-9(11(16)14-8-15)7-13-10-4-2-1-3-5-10/h1-5,7-8,13H,(H,14,15,16)/b9-7+. The lowest BCUT2D eigenvalue weighted by atomic mass is 10.3. The Labute approximate surface area is 92.4 Å². The van der Waals surface area contributed by atoms with E-state index in [1.165, 1.54) is 6.20 Å². The monoisotopic (exact) mass is 215 g/mol. The fourth-order valence-corrected chi connectivity index (χ4v) is 0.970. The van der Waals surface area contributed by atoms with Gasteiger partial charge in [-0.3, -0.25) is 14.9 Å². The summed E-state index contributed by atoms with van der Waals surface area (Å²) in [5.74, 6) is -0.735. The molecule has 0 bridgehead atoms. The number of imide groups is 1. The molecule has 0 atom stereocenters. The van der Waals surface area contributed by atoms with Crippen molar-refractivity contribution in [3.8, 4) is 6.07 Å². The quantitative estimate of drug-likeness (QED) is 0.441. The largest absolute Gasteiger partial charge is 0.360 e. The Hall–Kier alpha value is -2.61. The maximum Gasteiger partial charge on any atom is 0.269 e. The zero-order valence-electron chi connectivity index (χ0n) is 8.31. The number of hydrogen-bond acceptors (Lipinski definition) is 4. The molecule has 5 heteroatoms. The summed E-state index contributed by atoms with van der Waals surface area (Å²) >= 11 is 0. The molecule has 1 aromatic rings. The molecule has 0 aliphatic heterocycles. The first kappa shape index (κ1) is 11.5. The molecule has 0 spiro atoms. The van der Waals surface area contributed by atoms with E-state index < -0.39 is 5.91 Å². The first-order chi connectivity index (χ1) is 7.77. The SMILES string of the molecule is N#C/C(=C\Nc1ccccc1)C(=O)NC=O. The van der Waals surface area contributed by atoms with Gasteiger partial charge >= 0.3 is 0 Å². The van der Waals surface area contributed by atoms with Gasteiger partial charge in [0.25, 0.3) is 5.91 Å². The van der Waals surface area contributed by atoms with E-state index in [4.69, 9.17) is 5.26 Å². The van der Waals surface area contributed by atoms with Crippen LogP contribution >= 0.6 is 0 Å². The van der Waals surface area contributed by atoms with E-state index in [1.807, 2.05) is 23.5 Å². The van der Waals surface area contributed by atoms with Gasteiger partial charge in [0.1, 0.15) is 11.6 Å². The molecule has 0 heterocycles. The average molecular weight is 215 g/mol. The molecule has 0 saturated carbocycles. The molecule has 0 aliphatic carbocycles. The molecule has 0 fully saturated rings. The third-order valence-corrected chi connectivity index (χ3v) is 1.71. The first-order valence-corrected chi connectivity index (χ1v) is 4.44. The van der Waals surface area contributed by atoms with Crippen LogP contribution in [-0.4, -0.2) is 12.3 Å². The van der Waals surface area contributed by atoms with Crippen LogP contribution in [0.15, 0.2) is 42.1 Å². The lowest BCUT2D eigenvalue weighted by Gasteiger charge is -2.00. The maximum atomic E-state index is 11.1. The van der Waals surface area contributed by atoms with Crippen molar-refractivity contribution in [2.75, 3.05) is 5.32 Å². The Balaban J connectivity index is 2.72. The van der Waals surface area contributed by atoms with Crippen molar-refractivity contribution in [1.29, 1.82) is 5.26 Å². The molecule has 2 N–H and O–H groups in total. The Morgan fingerprint density at radius 1 is 1.31 bits per heavy atom. The van der Waals surface area contributed by atoms with Gasteiger partial charge in [-0.25, -0.2) is 0 Å². The molecule has 0 radical (unpaired) electrons. The van der Waals surface area contributed by atoms with E-state index in [2.05, 4.69) is 5.32 Å². The van der Waals surface area contributed by atoms with Gasteiger partial charge in [0, 0.05) is 11.9 Å². The molecule has 1 rings (SSSR count). The molecule has 1 aromatic carbocycles. The first-order valence-electron chi connectivity index (χ1n) is 4.44. The highest BCUT2D eigenvalue weighted by atomic mass is 16.2. The molecule has 0 aromatic heterocycles. The van der Waals surface area contributed by atoms with Crippen molar-refractivity contribution in [2.24, 2.45) is 0 Å². The van der Waals surface area contributed by atoms with E-state index in [1.54, 1.807) is 18.2 Å². The fraction of sp³-hybridized carbons (Fsp3) is 0. The lowest BCUT2D eigenvalue weighted by molar-refractivity contribution is -0.122. The van der Waals surface area contributed by atoms with Gasteiger partial charge in [-0.2, -0.15) is 5.26 Å². The number of rotatable bonds is 4. The van der Waals surface area contributed by atoms with E-state index >= 15 is 0 Å². The minimum absolute atomic E-state index is 0.170. The van der Waals surface area contributed by atoms with Gasteiger partial charge in [0.05, 0.1) is 0 Å². The third kappa shape index (κ3) is 3.27. The van der Waals surface area contributed by atoms with Crippen molar-refractivity contribution in [3.05, 3.63) is 42.1 Å². The van der Waals surface area contributed by atoms with Gasteiger partial charge in [-0.15, -0.1) is 0 Å². The smallest absolute Gasteiger partial charge is 0.269 e. The van der Waals surface area contributed by atoms with E-state index in [-0.39, 0.29) is 12.0 Å². The van der Waals surface area contributed by atoms with Gasteiger partial charge < -0.3 is 5.32 Å². The minimum Gasteiger partial charge on any atom is -0.360 e. The highest BCUT2D eigenvalue weighted by Crippen LogP contribution is 2.05. The number of amides is 2. The maximum absolute atomic E-state index is 11.1. The van der Waals surface area contributed by atoms with Crippen LogP contribution in [0.5, 0.6) is 0 Å². The summed E-state index contributed by atoms with van der Waals surface area (Å²) in [5.41, 5.74) is 0.574. The van der Waals surface area contributed by atoms with E-state index in [9.17, 15) is 9.59 Å². The van der Waals surface area contributed by atoms with Gasteiger partial charge in [0.2, 0.25) is 6.41 Å². The Kier molecular flexibility index (Phi) is 4.29. The molecular weight excluding hydrogens is 206 g/mol. The van der Waals surface area contributed by atoms with Gasteiger partial charge in [-0.05, 0) is 12.1 Å². The Bertz CT molecular complexity index is 446. The summed E-state index contributed by atoms with van der Waals surface area (Å²) in [7, 11) is 0. The van der Waals surface area contributed by atoms with Crippen molar-refractivity contribution < 1.29 is 9.59 Å². The predicted octanol–water partition coefficient (Wildman–Crippen LogP) is 0.779. The van der Waals surface area contributed by atoms with Crippen molar-refractivity contribution in [3.63, 3.8) is 0 Å². The summed E-state index contributed by atoms with van der Waals surface area (Å²) in [4.78, 5) is 21.1. The highest BCUT2D eigenvalue weighted by Gasteiger charge is 2.06. The number of para-hydroxylation sites is 1. The summed E-state index contributed by atoms with van der Waals surface area (Å²) < 4.78 is 0. The minimum atomic E-state index is -0.735. The van der Waals surface area contributed by atoms with E-state index in [0.717, 1.165) is 5.69 Å². The van der Waals surface area contributed by atoms with Crippen LogP contribution in [0, 0.1) is 11.3 Å². The topological polar surface area (TPSA) is 82.0 Å². The number of nitriles is 1. The van der Waals surface area contributed by atoms with Crippen molar-refractivity contribution >= 4 is 18.0 Å². The van der Waals surface area contributed by atoms with Crippen LogP contribution in [0.25, 0.3) is 0 Å². The number of nitrogens with one attached hydrogen (secondary N) is 2. The van der Waals surface area contributed by atoms with E-state index in [0.29, 0.717) is 0 Å². The molecule has 0 unspecified atom stereocenters. The number of anilines is 1. The van der Waals surface area contributed by atoms with Gasteiger partial charge in [0.15, 0.2) is 0 Å². The van der Waals surface area contributed by atoms with Crippen LogP contribution in [0.2, 0.25) is 0 Å². The van der Waals surface area contributed by atoms with Gasteiger partial charge in [-0.1, -0.05) is 18.2 Å². The number of carbonyl (C=O) groups is 2. The number of hydrogen-bond donors (Lipinski definition) is 2. The second-order valence-electron chi connectivity index (χ2n) is 2.77. The lowest BCUT2D eigenvalue weighted by Crippen LogP contribution is -2.23. The number of benzene rings is 1. The third-order valence-electron chi connectivity index (χ3n) is 1.71. The summed E-state index contributed by atoms with van der Waals surface area (Å²) in [6.45, 7) is 0. The predicted molar refractivity (Wildman–Crippen MR) is 58.0 cm³/mol. The molecule has 5 nitrogen and oxygen atoms in total. The number of nitrogens with zero attached hydrogens (tertiary/aromatic N) is 1. The normalized spacial score (nSPS) is 10.1. The van der Waals surface area contributed by atoms with Crippen LogP contribution in [0.3, 0.4) is 0 Å². The zero-order valence-corrected chi connectivity index (χ0v) is 8.31. The highest BCUT2D eigenvalue weighted by molar-refractivity contribution is 6.02. The van der Waals surface area contributed by atoms with Crippen LogP contribution in [0.4, 0.5) is 5.69 Å². The Morgan fingerprint density at radius 2 is 2.00 bits per heavy atom. The average Bonchev–Trinajstić information content (AvgIpc) is 2.31. The Morgan fingerprint density at radius 3 is 2.56 bits per heavy atom. The summed E-state index contributed by atoms with van der Waals surface area (Å²) in [6, 6.07) is 10.7. The second-order valence-corrected chi connectivity index (χ2v) is 2.77. The molecule has 80 valence electrons. The second kappa shape index (κ2) is 5.98. The fourth-order valence-electron chi connectivity index (χ4n) is 0.970. The molecular formula is C11H9N3O2. The summed E-state index contributed by atoms with van der Waals surface area (Å²) in [5, 5.41) is 13.3. The van der Waals surface area contributed by atoms with Crippen LogP contribution < -0.4 is 10.6 Å². The molecule has 0 saturated heterocycles. The zero-order chi connectivity index (χ0) is 11.8. The van der Waals surface area contributed by atoms with Crippen LogP contribution in [0.1, 0.15) is 0 Å². The van der Waals surface area contributed by atoms with Crippen LogP contribution in [-0.2, 0) is 9.59 Å².